The van der Waals surface area contributed by atoms with E-state index >= 15 is 0 Å². The fourth-order valence-corrected chi connectivity index (χ4v) is 2.06. The Labute approximate surface area is 127 Å². The van der Waals surface area contributed by atoms with Gasteiger partial charge in [0.1, 0.15) is 0 Å². The molecule has 1 aliphatic rings. The molecule has 21 heavy (non-hydrogen) atoms. The minimum atomic E-state index is -0.0112. The molecule has 116 valence electrons. The molecular weight excluding hydrogens is 264 g/mol. The summed E-state index contributed by atoms with van der Waals surface area (Å²) in [7, 11) is 2.04. The fourth-order valence-electron chi connectivity index (χ4n) is 2.06. The molecule has 0 spiro atoms. The van der Waals surface area contributed by atoms with Crippen molar-refractivity contribution in [1.29, 1.82) is 0 Å². The standard InChI is InChI=1S/C17H26N2O2/c1-3-19(2)16-9-7-15(8-10-16)17(20)18-11-4-12-21-13-14-5-6-14/h7-10,14H,3-6,11-13H2,1-2H3,(H,18,20). The Morgan fingerprint density at radius 2 is 2.05 bits per heavy atom. The van der Waals surface area contributed by atoms with Crippen LogP contribution in [0.1, 0.15) is 36.5 Å². The number of hydrogen-bond acceptors (Lipinski definition) is 3. The van der Waals surface area contributed by atoms with Crippen molar-refractivity contribution < 1.29 is 9.53 Å². The number of carbonyl (C=O) groups is 1. The minimum Gasteiger partial charge on any atom is -0.381 e. The van der Waals surface area contributed by atoms with Gasteiger partial charge < -0.3 is 15.0 Å². The summed E-state index contributed by atoms with van der Waals surface area (Å²) in [6.07, 6.45) is 3.51. The third-order valence-electron chi connectivity index (χ3n) is 3.85. The number of nitrogens with one attached hydrogen (secondary N) is 1. The van der Waals surface area contributed by atoms with Gasteiger partial charge in [0, 0.05) is 44.6 Å². The first-order valence-electron chi connectivity index (χ1n) is 7.88. The topological polar surface area (TPSA) is 41.6 Å². The molecule has 0 radical (unpaired) electrons. The molecule has 0 unspecified atom stereocenters. The van der Waals surface area contributed by atoms with Crippen LogP contribution in [0.3, 0.4) is 0 Å². The molecular formula is C17H26N2O2. The first kappa shape index (κ1) is 15.8. The number of amides is 1. The Balaban J connectivity index is 1.64. The summed E-state index contributed by atoms with van der Waals surface area (Å²) in [5.41, 5.74) is 1.84. The molecule has 2 rings (SSSR count). The molecule has 1 amide bonds. The van der Waals surface area contributed by atoms with Crippen LogP contribution in [0.15, 0.2) is 24.3 Å². The average Bonchev–Trinajstić information content (AvgIpc) is 3.34. The number of benzene rings is 1. The number of hydrogen-bond donors (Lipinski definition) is 1. The number of rotatable bonds is 9. The van der Waals surface area contributed by atoms with Gasteiger partial charge in [0.2, 0.25) is 0 Å². The van der Waals surface area contributed by atoms with Crippen LogP contribution in [0.5, 0.6) is 0 Å². The molecule has 0 bridgehead atoms. The molecule has 4 nitrogen and oxygen atoms in total. The second kappa shape index (κ2) is 8.03. The number of anilines is 1. The minimum absolute atomic E-state index is 0.0112. The summed E-state index contributed by atoms with van der Waals surface area (Å²) in [6, 6.07) is 7.72. The molecule has 0 aromatic heterocycles. The first-order valence-corrected chi connectivity index (χ1v) is 7.88. The van der Waals surface area contributed by atoms with Gasteiger partial charge in [-0.05, 0) is 56.4 Å². The molecule has 4 heteroatoms. The summed E-state index contributed by atoms with van der Waals surface area (Å²) in [5, 5.41) is 2.93. The van der Waals surface area contributed by atoms with Crippen molar-refractivity contribution in [3.8, 4) is 0 Å². The van der Waals surface area contributed by atoms with Crippen LogP contribution in [0, 0.1) is 5.92 Å². The van der Waals surface area contributed by atoms with E-state index in [1.54, 1.807) is 0 Å². The fraction of sp³-hybridized carbons (Fsp3) is 0.588. The maximum absolute atomic E-state index is 12.0. The SMILES string of the molecule is CCN(C)c1ccc(C(=O)NCCCOCC2CC2)cc1. The van der Waals surface area contributed by atoms with Gasteiger partial charge in [-0.2, -0.15) is 0 Å². The lowest BCUT2D eigenvalue weighted by molar-refractivity contribution is 0.0937. The van der Waals surface area contributed by atoms with E-state index in [1.165, 1.54) is 12.8 Å². The molecule has 1 aliphatic carbocycles. The molecule has 1 aromatic carbocycles. The quantitative estimate of drug-likeness (QED) is 0.711. The summed E-state index contributed by atoms with van der Waals surface area (Å²) < 4.78 is 5.54. The maximum atomic E-state index is 12.0. The molecule has 0 heterocycles. The van der Waals surface area contributed by atoms with Crippen LogP contribution in [-0.4, -0.2) is 39.3 Å². The van der Waals surface area contributed by atoms with Gasteiger partial charge in [0.15, 0.2) is 0 Å². The van der Waals surface area contributed by atoms with E-state index in [9.17, 15) is 4.79 Å². The molecule has 0 saturated heterocycles. The van der Waals surface area contributed by atoms with Crippen LogP contribution >= 0.6 is 0 Å². The van der Waals surface area contributed by atoms with Crippen LogP contribution < -0.4 is 10.2 Å². The van der Waals surface area contributed by atoms with Crippen LogP contribution in [-0.2, 0) is 4.74 Å². The Morgan fingerprint density at radius 1 is 1.33 bits per heavy atom. The Kier molecular flexibility index (Phi) is 6.05. The van der Waals surface area contributed by atoms with E-state index in [0.717, 1.165) is 37.8 Å². The average molecular weight is 290 g/mol. The second-order valence-corrected chi connectivity index (χ2v) is 5.69. The molecule has 1 aromatic rings. The highest BCUT2D eigenvalue weighted by Gasteiger charge is 2.20. The van der Waals surface area contributed by atoms with Crippen molar-refractivity contribution in [2.45, 2.75) is 26.2 Å². The van der Waals surface area contributed by atoms with Crippen molar-refractivity contribution in [1.82, 2.24) is 5.32 Å². The van der Waals surface area contributed by atoms with Gasteiger partial charge >= 0.3 is 0 Å². The monoisotopic (exact) mass is 290 g/mol. The zero-order chi connectivity index (χ0) is 15.1. The number of ether oxygens (including phenoxy) is 1. The van der Waals surface area contributed by atoms with E-state index in [2.05, 4.69) is 17.1 Å². The summed E-state index contributed by atoms with van der Waals surface area (Å²) >= 11 is 0. The third-order valence-corrected chi connectivity index (χ3v) is 3.85. The van der Waals surface area contributed by atoms with Crippen molar-refractivity contribution in [2.75, 3.05) is 38.3 Å². The molecule has 1 saturated carbocycles. The van der Waals surface area contributed by atoms with Crippen molar-refractivity contribution in [3.63, 3.8) is 0 Å². The van der Waals surface area contributed by atoms with Gasteiger partial charge in [0.25, 0.3) is 5.91 Å². The largest absolute Gasteiger partial charge is 0.381 e. The highest BCUT2D eigenvalue weighted by atomic mass is 16.5. The van der Waals surface area contributed by atoms with Crippen molar-refractivity contribution in [3.05, 3.63) is 29.8 Å². The summed E-state index contributed by atoms with van der Waals surface area (Å²) in [5.74, 6) is 0.794. The summed E-state index contributed by atoms with van der Waals surface area (Å²) in [6.45, 7) is 5.34. The van der Waals surface area contributed by atoms with E-state index in [1.807, 2.05) is 31.3 Å². The smallest absolute Gasteiger partial charge is 0.251 e. The lowest BCUT2D eigenvalue weighted by atomic mass is 10.2. The highest BCUT2D eigenvalue weighted by Crippen LogP contribution is 2.28. The van der Waals surface area contributed by atoms with E-state index in [-0.39, 0.29) is 5.91 Å². The van der Waals surface area contributed by atoms with Crippen LogP contribution in [0.25, 0.3) is 0 Å². The van der Waals surface area contributed by atoms with Gasteiger partial charge in [-0.1, -0.05) is 0 Å². The van der Waals surface area contributed by atoms with Crippen molar-refractivity contribution >= 4 is 11.6 Å². The van der Waals surface area contributed by atoms with Crippen LogP contribution in [0.4, 0.5) is 5.69 Å². The predicted octanol–water partition coefficient (Wildman–Crippen LogP) is 2.69. The normalized spacial score (nSPS) is 14.0. The van der Waals surface area contributed by atoms with E-state index in [4.69, 9.17) is 4.74 Å². The third kappa shape index (κ3) is 5.38. The van der Waals surface area contributed by atoms with Crippen molar-refractivity contribution in [2.24, 2.45) is 5.92 Å². The molecule has 0 aliphatic heterocycles. The highest BCUT2D eigenvalue weighted by molar-refractivity contribution is 5.94. The lowest BCUT2D eigenvalue weighted by Crippen LogP contribution is -2.25. The van der Waals surface area contributed by atoms with Gasteiger partial charge in [-0.25, -0.2) is 0 Å². The van der Waals surface area contributed by atoms with E-state index in [0.29, 0.717) is 12.1 Å². The number of nitrogens with zero attached hydrogens (tertiary/aromatic N) is 1. The zero-order valence-corrected chi connectivity index (χ0v) is 13.1. The molecule has 0 atom stereocenters. The maximum Gasteiger partial charge on any atom is 0.251 e. The Morgan fingerprint density at radius 3 is 2.67 bits per heavy atom. The molecule has 1 N–H and O–H groups in total. The Bertz CT molecular complexity index is 441. The van der Waals surface area contributed by atoms with Gasteiger partial charge in [-0.3, -0.25) is 4.79 Å². The zero-order valence-electron chi connectivity index (χ0n) is 13.1. The lowest BCUT2D eigenvalue weighted by Gasteiger charge is -2.16. The number of carbonyl (C=O) groups excluding carboxylic acids is 1. The second-order valence-electron chi connectivity index (χ2n) is 5.69. The van der Waals surface area contributed by atoms with Gasteiger partial charge in [-0.15, -0.1) is 0 Å². The predicted molar refractivity (Wildman–Crippen MR) is 85.9 cm³/mol. The van der Waals surface area contributed by atoms with E-state index < -0.39 is 0 Å². The molecule has 1 fully saturated rings. The first-order chi connectivity index (χ1) is 10.2. The summed E-state index contributed by atoms with van der Waals surface area (Å²) in [4.78, 5) is 14.1. The van der Waals surface area contributed by atoms with Crippen LogP contribution in [0.2, 0.25) is 0 Å². The van der Waals surface area contributed by atoms with Gasteiger partial charge in [0.05, 0.1) is 0 Å². The Hall–Kier alpha value is -1.55.